The van der Waals surface area contributed by atoms with Crippen LogP contribution in [0, 0.1) is 10.1 Å². The molecule has 7 heteroatoms. The molecule has 0 amide bonds. The lowest BCUT2D eigenvalue weighted by molar-refractivity contribution is -0.384. The first-order valence-electron chi connectivity index (χ1n) is 4.60. The zero-order valence-corrected chi connectivity index (χ0v) is 12.0. The van der Waals surface area contributed by atoms with Crippen LogP contribution in [0.1, 0.15) is 5.56 Å². The molecule has 5 nitrogen and oxygen atoms in total. The molecule has 0 radical (unpaired) electrons. The fraction of sp³-hybridized carbons (Fsp3) is 0.300. The van der Waals surface area contributed by atoms with E-state index in [1.807, 2.05) is 0 Å². The first-order chi connectivity index (χ1) is 7.95. The lowest BCUT2D eigenvalue weighted by Gasteiger charge is -2.08. The van der Waals surface area contributed by atoms with Gasteiger partial charge in [0.1, 0.15) is 4.83 Å². The molecule has 0 heterocycles. The molecule has 0 spiro atoms. The second kappa shape index (κ2) is 6.11. The van der Waals surface area contributed by atoms with Crippen molar-refractivity contribution in [2.45, 2.75) is 11.2 Å². The molecule has 0 aromatic heterocycles. The van der Waals surface area contributed by atoms with Gasteiger partial charge in [-0.05, 0) is 12.0 Å². The molecule has 0 N–H and O–H groups in total. The van der Waals surface area contributed by atoms with Gasteiger partial charge in [-0.3, -0.25) is 14.9 Å². The van der Waals surface area contributed by atoms with E-state index in [1.54, 1.807) is 6.07 Å². The predicted octanol–water partition coefficient (Wildman–Crippen LogP) is 2.84. The van der Waals surface area contributed by atoms with Gasteiger partial charge >= 0.3 is 5.97 Å². The molecule has 0 aliphatic heterocycles. The van der Waals surface area contributed by atoms with E-state index >= 15 is 0 Å². The number of rotatable bonds is 4. The number of nitro groups is 1. The van der Waals surface area contributed by atoms with E-state index in [0.717, 1.165) is 5.56 Å². The average molecular weight is 367 g/mol. The number of nitrogens with zero attached hydrogens (tertiary/aromatic N) is 1. The molecule has 1 atom stereocenters. The van der Waals surface area contributed by atoms with Gasteiger partial charge in [-0.2, -0.15) is 0 Å². The van der Waals surface area contributed by atoms with Crippen LogP contribution in [0.3, 0.4) is 0 Å². The van der Waals surface area contributed by atoms with Crippen molar-refractivity contribution in [1.29, 1.82) is 0 Å². The number of hydrogen-bond acceptors (Lipinski definition) is 4. The lowest BCUT2D eigenvalue weighted by atomic mass is 10.1. The van der Waals surface area contributed by atoms with Gasteiger partial charge in [-0.1, -0.05) is 37.9 Å². The van der Waals surface area contributed by atoms with Crippen molar-refractivity contribution >= 4 is 43.5 Å². The van der Waals surface area contributed by atoms with Crippen molar-refractivity contribution < 1.29 is 14.5 Å². The summed E-state index contributed by atoms with van der Waals surface area (Å²) < 4.78 is 5.17. The Bertz CT molecular complexity index is 450. The van der Waals surface area contributed by atoms with E-state index in [1.165, 1.54) is 19.2 Å². The normalized spacial score (nSPS) is 11.9. The Kier molecular flexibility index (Phi) is 5.07. The fourth-order valence-corrected chi connectivity index (χ4v) is 2.28. The van der Waals surface area contributed by atoms with E-state index in [0.29, 0.717) is 10.9 Å². The number of esters is 1. The third-order valence-corrected chi connectivity index (χ3v) is 3.54. The molecule has 0 bridgehead atoms. The number of methoxy groups -OCH3 is 1. The highest BCUT2D eigenvalue weighted by Gasteiger charge is 2.18. The molecule has 0 saturated heterocycles. The van der Waals surface area contributed by atoms with Crippen LogP contribution < -0.4 is 0 Å². The second-order valence-electron chi connectivity index (χ2n) is 3.23. The van der Waals surface area contributed by atoms with Crippen molar-refractivity contribution in [2.24, 2.45) is 0 Å². The molecule has 17 heavy (non-hydrogen) atoms. The van der Waals surface area contributed by atoms with Gasteiger partial charge in [0.15, 0.2) is 0 Å². The van der Waals surface area contributed by atoms with E-state index in [2.05, 4.69) is 36.6 Å². The Hall–Kier alpha value is -0.950. The maximum absolute atomic E-state index is 11.2. The Morgan fingerprint density at radius 2 is 2.24 bits per heavy atom. The third kappa shape index (κ3) is 3.78. The van der Waals surface area contributed by atoms with Crippen LogP contribution >= 0.6 is 31.9 Å². The van der Waals surface area contributed by atoms with Crippen molar-refractivity contribution in [3.63, 3.8) is 0 Å². The Morgan fingerprint density at radius 1 is 1.59 bits per heavy atom. The molecule has 92 valence electrons. The smallest absolute Gasteiger partial charge is 0.319 e. The number of hydrogen-bond donors (Lipinski definition) is 0. The van der Waals surface area contributed by atoms with Crippen molar-refractivity contribution in [3.05, 3.63) is 38.3 Å². The fourth-order valence-electron chi connectivity index (χ4n) is 1.22. The second-order valence-corrected chi connectivity index (χ2v) is 5.19. The summed E-state index contributed by atoms with van der Waals surface area (Å²) in [5.74, 6) is -0.379. The van der Waals surface area contributed by atoms with Crippen LogP contribution in [0.15, 0.2) is 22.7 Å². The zero-order valence-electron chi connectivity index (χ0n) is 8.85. The number of non-ortho nitro benzene ring substituents is 1. The minimum absolute atomic E-state index is 0.00446. The Balaban J connectivity index is 2.86. The highest BCUT2D eigenvalue weighted by atomic mass is 79.9. The van der Waals surface area contributed by atoms with E-state index < -0.39 is 9.75 Å². The van der Waals surface area contributed by atoms with Crippen molar-refractivity contribution in [3.8, 4) is 0 Å². The summed E-state index contributed by atoms with van der Waals surface area (Å²) in [6.07, 6.45) is 0.394. The molecular formula is C10H9Br2NO4. The minimum Gasteiger partial charge on any atom is -0.468 e. The average Bonchev–Trinajstić information content (AvgIpc) is 2.30. The molecule has 1 aromatic rings. The highest BCUT2D eigenvalue weighted by molar-refractivity contribution is 9.10. The van der Waals surface area contributed by atoms with Gasteiger partial charge in [0, 0.05) is 16.6 Å². The van der Waals surface area contributed by atoms with E-state index in [-0.39, 0.29) is 11.7 Å². The van der Waals surface area contributed by atoms with Gasteiger partial charge in [0.2, 0.25) is 0 Å². The van der Waals surface area contributed by atoms with Gasteiger partial charge in [0.05, 0.1) is 12.0 Å². The van der Waals surface area contributed by atoms with Crippen LogP contribution in [0.25, 0.3) is 0 Å². The topological polar surface area (TPSA) is 69.4 Å². The molecule has 0 aliphatic rings. The molecule has 1 rings (SSSR count). The van der Waals surface area contributed by atoms with Gasteiger partial charge in [-0.25, -0.2) is 0 Å². The summed E-state index contributed by atoms with van der Waals surface area (Å²) in [5.41, 5.74) is 0.799. The minimum atomic E-state index is -0.472. The summed E-state index contributed by atoms with van der Waals surface area (Å²) in [6.45, 7) is 0. The summed E-state index contributed by atoms with van der Waals surface area (Å²) in [7, 11) is 1.31. The number of carbonyl (C=O) groups excluding carboxylic acids is 1. The van der Waals surface area contributed by atoms with Crippen LogP contribution in [-0.4, -0.2) is 22.8 Å². The van der Waals surface area contributed by atoms with Crippen LogP contribution in [0.2, 0.25) is 0 Å². The number of benzene rings is 1. The first kappa shape index (κ1) is 14.1. The number of halogens is 2. The van der Waals surface area contributed by atoms with Crippen molar-refractivity contribution in [2.75, 3.05) is 7.11 Å². The van der Waals surface area contributed by atoms with Crippen LogP contribution in [-0.2, 0) is 16.0 Å². The Morgan fingerprint density at radius 3 is 2.71 bits per heavy atom. The maximum Gasteiger partial charge on any atom is 0.319 e. The summed E-state index contributed by atoms with van der Waals surface area (Å²) in [4.78, 5) is 20.8. The standard InChI is InChI=1S/C10H9Br2NO4/c1-17-10(14)9(12)4-6-2-3-7(13(15)16)5-8(6)11/h2-3,5,9H,4H2,1H3. The van der Waals surface area contributed by atoms with Gasteiger partial charge < -0.3 is 4.74 Å². The largest absolute Gasteiger partial charge is 0.468 e. The SMILES string of the molecule is COC(=O)C(Br)Cc1ccc([N+](=O)[O-])cc1Br. The number of carbonyl (C=O) groups is 1. The highest BCUT2D eigenvalue weighted by Crippen LogP contribution is 2.25. The lowest BCUT2D eigenvalue weighted by Crippen LogP contribution is -2.18. The predicted molar refractivity (Wildman–Crippen MR) is 69.2 cm³/mol. The molecule has 0 aliphatic carbocycles. The molecule has 1 unspecified atom stereocenters. The van der Waals surface area contributed by atoms with Gasteiger partial charge in [0.25, 0.3) is 5.69 Å². The van der Waals surface area contributed by atoms with Crippen LogP contribution in [0.4, 0.5) is 5.69 Å². The van der Waals surface area contributed by atoms with Crippen LogP contribution in [0.5, 0.6) is 0 Å². The summed E-state index contributed by atoms with van der Waals surface area (Å²) in [6, 6.07) is 4.42. The Labute approximate surface area is 115 Å². The quantitative estimate of drug-likeness (QED) is 0.355. The van der Waals surface area contributed by atoms with Crippen molar-refractivity contribution in [1.82, 2.24) is 0 Å². The number of alkyl halides is 1. The molecule has 0 fully saturated rings. The van der Waals surface area contributed by atoms with E-state index in [4.69, 9.17) is 0 Å². The third-order valence-electron chi connectivity index (χ3n) is 2.10. The molecule has 1 aromatic carbocycles. The summed E-state index contributed by atoms with van der Waals surface area (Å²) in [5, 5.41) is 10.5. The molecule has 0 saturated carbocycles. The number of ether oxygens (including phenoxy) is 1. The zero-order chi connectivity index (χ0) is 13.0. The first-order valence-corrected chi connectivity index (χ1v) is 6.31. The number of nitro benzene ring substituents is 1. The molecular weight excluding hydrogens is 358 g/mol. The van der Waals surface area contributed by atoms with E-state index in [9.17, 15) is 14.9 Å². The van der Waals surface area contributed by atoms with Gasteiger partial charge in [-0.15, -0.1) is 0 Å². The maximum atomic E-state index is 11.2. The summed E-state index contributed by atoms with van der Waals surface area (Å²) >= 11 is 6.43. The monoisotopic (exact) mass is 365 g/mol.